The maximum Gasteiger partial charge on any atom is 0.121 e. The van der Waals surface area contributed by atoms with Crippen LogP contribution in [0.5, 0.6) is 0 Å². The highest BCUT2D eigenvalue weighted by Gasteiger charge is 2.14. The molecule has 0 saturated carbocycles. The predicted octanol–water partition coefficient (Wildman–Crippen LogP) is 5.54. The standard InChI is InChI=1S/C23H27N3O/c27-19-13-5-3-1-2-4-12-18-26-24-22(20-14-8-6-9-15-20)23(25-26)21-16-10-7-11-17-21/h6-11,14-17,19H,1-5,12-13,18H2. The first-order valence-corrected chi connectivity index (χ1v) is 9.88. The van der Waals surface area contributed by atoms with E-state index in [0.717, 1.165) is 54.6 Å². The van der Waals surface area contributed by atoms with Gasteiger partial charge in [0.25, 0.3) is 0 Å². The van der Waals surface area contributed by atoms with Gasteiger partial charge in [0.1, 0.15) is 17.7 Å². The van der Waals surface area contributed by atoms with Gasteiger partial charge in [-0.15, -0.1) is 0 Å². The van der Waals surface area contributed by atoms with E-state index >= 15 is 0 Å². The molecular weight excluding hydrogens is 334 g/mol. The maximum absolute atomic E-state index is 10.3. The molecule has 27 heavy (non-hydrogen) atoms. The number of aromatic nitrogens is 3. The molecule has 4 nitrogen and oxygen atoms in total. The third kappa shape index (κ3) is 5.61. The second-order valence-corrected chi connectivity index (χ2v) is 6.80. The summed E-state index contributed by atoms with van der Waals surface area (Å²) in [5.41, 5.74) is 4.07. The summed E-state index contributed by atoms with van der Waals surface area (Å²) in [5, 5.41) is 9.56. The van der Waals surface area contributed by atoms with Crippen LogP contribution in [0.25, 0.3) is 22.5 Å². The van der Waals surface area contributed by atoms with E-state index < -0.39 is 0 Å². The minimum atomic E-state index is 0.696. The fourth-order valence-electron chi connectivity index (χ4n) is 3.22. The van der Waals surface area contributed by atoms with E-state index in [1.165, 1.54) is 19.3 Å². The van der Waals surface area contributed by atoms with Crippen LogP contribution >= 0.6 is 0 Å². The van der Waals surface area contributed by atoms with Gasteiger partial charge < -0.3 is 4.79 Å². The second-order valence-electron chi connectivity index (χ2n) is 6.80. The van der Waals surface area contributed by atoms with Gasteiger partial charge in [-0.1, -0.05) is 86.3 Å². The fourth-order valence-corrected chi connectivity index (χ4v) is 3.22. The topological polar surface area (TPSA) is 47.8 Å². The van der Waals surface area contributed by atoms with Gasteiger partial charge in [0, 0.05) is 17.5 Å². The summed E-state index contributed by atoms with van der Waals surface area (Å²) >= 11 is 0. The van der Waals surface area contributed by atoms with E-state index in [1.54, 1.807) is 0 Å². The van der Waals surface area contributed by atoms with Gasteiger partial charge in [-0.3, -0.25) is 0 Å². The van der Waals surface area contributed by atoms with Crippen LogP contribution in [0, 0.1) is 0 Å². The first-order chi connectivity index (χ1) is 13.4. The number of aldehydes is 1. The summed E-state index contributed by atoms with van der Waals surface area (Å²) in [7, 11) is 0. The molecule has 0 amide bonds. The number of hydrogen-bond donors (Lipinski definition) is 0. The lowest BCUT2D eigenvalue weighted by Gasteiger charge is -2.01. The van der Waals surface area contributed by atoms with Gasteiger partial charge in [0.15, 0.2) is 0 Å². The van der Waals surface area contributed by atoms with E-state index in [9.17, 15) is 4.79 Å². The number of benzene rings is 2. The first-order valence-electron chi connectivity index (χ1n) is 9.88. The molecule has 0 N–H and O–H groups in total. The van der Waals surface area contributed by atoms with Crippen LogP contribution < -0.4 is 0 Å². The van der Waals surface area contributed by atoms with Crippen molar-refractivity contribution in [3.05, 3.63) is 60.7 Å². The highest BCUT2D eigenvalue weighted by atomic mass is 16.1. The van der Waals surface area contributed by atoms with Crippen LogP contribution in [0.1, 0.15) is 44.9 Å². The molecule has 140 valence electrons. The highest BCUT2D eigenvalue weighted by Crippen LogP contribution is 2.28. The molecule has 0 aliphatic carbocycles. The third-order valence-corrected chi connectivity index (χ3v) is 4.68. The Morgan fingerprint density at radius 3 is 1.67 bits per heavy atom. The van der Waals surface area contributed by atoms with Gasteiger partial charge in [-0.05, 0) is 12.8 Å². The molecule has 3 aromatic rings. The minimum absolute atomic E-state index is 0.696. The van der Waals surface area contributed by atoms with E-state index in [-0.39, 0.29) is 0 Å². The molecule has 2 aromatic carbocycles. The van der Waals surface area contributed by atoms with Crippen LogP contribution in [0.2, 0.25) is 0 Å². The molecule has 1 aromatic heterocycles. The van der Waals surface area contributed by atoms with Crippen molar-refractivity contribution in [3.63, 3.8) is 0 Å². The lowest BCUT2D eigenvalue weighted by atomic mass is 10.1. The summed E-state index contributed by atoms with van der Waals surface area (Å²) < 4.78 is 0. The Bertz CT molecular complexity index is 755. The van der Waals surface area contributed by atoms with Gasteiger partial charge in [0.05, 0.1) is 6.54 Å². The van der Waals surface area contributed by atoms with Gasteiger partial charge >= 0.3 is 0 Å². The average molecular weight is 361 g/mol. The molecule has 3 rings (SSSR count). The molecule has 0 unspecified atom stereocenters. The van der Waals surface area contributed by atoms with Crippen LogP contribution in [-0.2, 0) is 11.3 Å². The van der Waals surface area contributed by atoms with E-state index in [1.807, 2.05) is 41.2 Å². The largest absolute Gasteiger partial charge is 0.303 e. The van der Waals surface area contributed by atoms with Crippen LogP contribution in [0.15, 0.2) is 60.7 Å². The van der Waals surface area contributed by atoms with Crippen LogP contribution in [0.3, 0.4) is 0 Å². The Morgan fingerprint density at radius 1 is 0.667 bits per heavy atom. The van der Waals surface area contributed by atoms with Crippen molar-refractivity contribution in [1.82, 2.24) is 15.0 Å². The molecule has 0 aliphatic heterocycles. The zero-order chi connectivity index (χ0) is 18.7. The van der Waals surface area contributed by atoms with Gasteiger partial charge in [-0.25, -0.2) is 0 Å². The zero-order valence-corrected chi connectivity index (χ0v) is 15.8. The predicted molar refractivity (Wildman–Crippen MR) is 109 cm³/mol. The smallest absolute Gasteiger partial charge is 0.121 e. The SMILES string of the molecule is O=CCCCCCCCCn1nc(-c2ccccc2)c(-c2ccccc2)n1. The molecule has 1 heterocycles. The molecule has 0 atom stereocenters. The highest BCUT2D eigenvalue weighted by molar-refractivity contribution is 5.77. The van der Waals surface area contributed by atoms with Crippen LogP contribution in [-0.4, -0.2) is 21.3 Å². The number of carbonyl (C=O) groups excluding carboxylic acids is 1. The fraction of sp³-hybridized carbons (Fsp3) is 0.348. The molecular formula is C23H27N3O. The van der Waals surface area contributed by atoms with Gasteiger partial charge in [0.2, 0.25) is 0 Å². The molecule has 0 radical (unpaired) electrons. The maximum atomic E-state index is 10.3. The van der Waals surface area contributed by atoms with Crippen molar-refractivity contribution in [1.29, 1.82) is 0 Å². The molecule has 0 spiro atoms. The van der Waals surface area contributed by atoms with Gasteiger partial charge in [-0.2, -0.15) is 15.0 Å². The molecule has 0 aliphatic rings. The summed E-state index contributed by atoms with van der Waals surface area (Å²) in [6.07, 6.45) is 8.52. The third-order valence-electron chi connectivity index (χ3n) is 4.68. The average Bonchev–Trinajstić information content (AvgIpc) is 3.15. The van der Waals surface area contributed by atoms with Crippen molar-refractivity contribution < 1.29 is 4.79 Å². The number of hydrogen-bond acceptors (Lipinski definition) is 3. The zero-order valence-electron chi connectivity index (χ0n) is 15.8. The number of aryl methyl sites for hydroxylation is 1. The summed E-state index contributed by atoms with van der Waals surface area (Å²) in [4.78, 5) is 12.2. The quantitative estimate of drug-likeness (QED) is 0.333. The Hall–Kier alpha value is -2.75. The lowest BCUT2D eigenvalue weighted by molar-refractivity contribution is -0.107. The van der Waals surface area contributed by atoms with E-state index in [2.05, 4.69) is 24.3 Å². The van der Waals surface area contributed by atoms with Crippen molar-refractivity contribution in [2.24, 2.45) is 0 Å². The number of nitrogens with zero attached hydrogens (tertiary/aromatic N) is 3. The number of rotatable bonds is 11. The molecule has 4 heteroatoms. The van der Waals surface area contributed by atoms with Crippen LogP contribution in [0.4, 0.5) is 0 Å². The molecule has 0 saturated heterocycles. The Balaban J connectivity index is 1.63. The van der Waals surface area contributed by atoms with Crippen molar-refractivity contribution in [3.8, 4) is 22.5 Å². The molecule has 0 bridgehead atoms. The minimum Gasteiger partial charge on any atom is -0.303 e. The number of carbonyl (C=O) groups is 1. The monoisotopic (exact) mass is 361 g/mol. The van der Waals surface area contributed by atoms with E-state index in [0.29, 0.717) is 6.42 Å². The Labute approximate surface area is 161 Å². The normalized spacial score (nSPS) is 10.8. The lowest BCUT2D eigenvalue weighted by Crippen LogP contribution is -2.02. The first kappa shape index (κ1) is 19.0. The van der Waals surface area contributed by atoms with Crippen molar-refractivity contribution >= 4 is 6.29 Å². The Morgan fingerprint density at radius 2 is 1.15 bits per heavy atom. The summed E-state index contributed by atoms with van der Waals surface area (Å²) in [6.45, 7) is 0.834. The van der Waals surface area contributed by atoms with Crippen molar-refractivity contribution in [2.45, 2.75) is 51.5 Å². The second kappa shape index (κ2) is 10.4. The van der Waals surface area contributed by atoms with Crippen molar-refractivity contribution in [2.75, 3.05) is 0 Å². The summed E-state index contributed by atoms with van der Waals surface area (Å²) in [6, 6.07) is 20.5. The Kier molecular flexibility index (Phi) is 7.34. The number of unbranched alkanes of at least 4 members (excludes halogenated alkanes) is 6. The molecule has 0 fully saturated rings. The summed E-state index contributed by atoms with van der Waals surface area (Å²) in [5.74, 6) is 0. The van der Waals surface area contributed by atoms with E-state index in [4.69, 9.17) is 10.2 Å².